The second-order valence-corrected chi connectivity index (χ2v) is 9.17. The van der Waals surface area contributed by atoms with E-state index < -0.39 is 65.9 Å². The first-order valence-corrected chi connectivity index (χ1v) is 11.7. The zero-order valence-electron chi connectivity index (χ0n) is 20.5. The number of ether oxygens (including phenoxy) is 3. The molecule has 33 heavy (non-hydrogen) atoms. The molecule has 8 unspecified atom stereocenters. The lowest BCUT2D eigenvalue weighted by Gasteiger charge is -2.40. The predicted molar refractivity (Wildman–Crippen MR) is 120 cm³/mol. The van der Waals surface area contributed by atoms with E-state index in [-0.39, 0.29) is 0 Å². The number of hydrogen-bond acceptors (Lipinski definition) is 9. The summed E-state index contributed by atoms with van der Waals surface area (Å²) in [5.41, 5.74) is -2.03. The van der Waals surface area contributed by atoms with Crippen LogP contribution in [-0.2, 0) is 28.6 Å². The summed E-state index contributed by atoms with van der Waals surface area (Å²) in [6.07, 6.45) is 1.24. The van der Waals surface area contributed by atoms with E-state index in [2.05, 4.69) is 6.92 Å². The van der Waals surface area contributed by atoms with E-state index in [1.807, 2.05) is 0 Å². The number of esters is 3. The van der Waals surface area contributed by atoms with Gasteiger partial charge in [-0.3, -0.25) is 9.59 Å². The minimum absolute atomic E-state index is 0.522. The van der Waals surface area contributed by atoms with Gasteiger partial charge in [0, 0.05) is 18.9 Å². The second kappa shape index (κ2) is 13.1. The Labute approximate surface area is 196 Å². The van der Waals surface area contributed by atoms with E-state index in [0.29, 0.717) is 6.42 Å². The Morgan fingerprint density at radius 2 is 1.82 bits per heavy atom. The largest absolute Gasteiger partial charge is 0.458 e. The summed E-state index contributed by atoms with van der Waals surface area (Å²) in [7, 11) is 0. The van der Waals surface area contributed by atoms with Crippen LogP contribution in [-0.4, -0.2) is 69.3 Å². The van der Waals surface area contributed by atoms with E-state index >= 15 is 0 Å². The zero-order chi connectivity index (χ0) is 25.3. The molecule has 1 fully saturated rings. The van der Waals surface area contributed by atoms with Crippen molar-refractivity contribution in [1.29, 1.82) is 0 Å². The van der Waals surface area contributed by atoms with Crippen molar-refractivity contribution in [2.24, 2.45) is 11.8 Å². The van der Waals surface area contributed by atoms with Crippen LogP contribution in [0.1, 0.15) is 73.6 Å². The van der Waals surface area contributed by atoms with Crippen molar-refractivity contribution >= 4 is 17.9 Å². The summed E-state index contributed by atoms with van der Waals surface area (Å²) in [5, 5.41) is 32.0. The molecule has 9 heteroatoms. The van der Waals surface area contributed by atoms with Crippen LogP contribution in [0.5, 0.6) is 0 Å². The number of cyclic esters (lactones) is 1. The fraction of sp³-hybridized carbons (Fsp3) is 0.792. The van der Waals surface area contributed by atoms with E-state index in [1.54, 1.807) is 0 Å². The molecule has 1 aliphatic rings. The Kier molecular flexibility index (Phi) is 11.5. The van der Waals surface area contributed by atoms with Crippen LogP contribution >= 0.6 is 0 Å². The summed E-state index contributed by atoms with van der Waals surface area (Å²) >= 11 is 0. The van der Waals surface area contributed by atoms with E-state index in [9.17, 15) is 29.7 Å². The Bertz CT molecular complexity index is 687. The molecule has 1 rings (SSSR count). The summed E-state index contributed by atoms with van der Waals surface area (Å²) < 4.78 is 16.1. The van der Waals surface area contributed by atoms with Crippen molar-refractivity contribution in [3.8, 4) is 0 Å². The van der Waals surface area contributed by atoms with Gasteiger partial charge in [0.2, 0.25) is 0 Å². The third-order valence-electron chi connectivity index (χ3n) is 6.13. The molecule has 0 aromatic rings. The molecule has 1 heterocycles. The molecule has 0 bridgehead atoms. The van der Waals surface area contributed by atoms with Crippen LogP contribution < -0.4 is 0 Å². The van der Waals surface area contributed by atoms with Gasteiger partial charge in [-0.15, -0.1) is 0 Å². The van der Waals surface area contributed by atoms with Gasteiger partial charge in [-0.1, -0.05) is 39.5 Å². The molecular weight excluding hydrogens is 432 g/mol. The Morgan fingerprint density at radius 1 is 1.18 bits per heavy atom. The van der Waals surface area contributed by atoms with Gasteiger partial charge in [0.05, 0.1) is 18.1 Å². The molecule has 1 saturated heterocycles. The molecule has 0 aliphatic carbocycles. The highest BCUT2D eigenvalue weighted by molar-refractivity contribution is 5.82. The summed E-state index contributed by atoms with van der Waals surface area (Å²) in [6, 6.07) is 0. The zero-order valence-corrected chi connectivity index (χ0v) is 20.5. The van der Waals surface area contributed by atoms with Crippen LogP contribution in [0.3, 0.4) is 0 Å². The van der Waals surface area contributed by atoms with Crippen LogP contribution in [0.2, 0.25) is 0 Å². The van der Waals surface area contributed by atoms with E-state index in [4.69, 9.17) is 14.2 Å². The number of aliphatic hydroxyl groups is 3. The average molecular weight is 473 g/mol. The fourth-order valence-electron chi connectivity index (χ4n) is 4.14. The third-order valence-corrected chi connectivity index (χ3v) is 6.13. The first-order chi connectivity index (χ1) is 15.3. The highest BCUT2D eigenvalue weighted by Gasteiger charge is 2.52. The number of unbranched alkanes of at least 4 members (excludes halogenated alkanes) is 3. The van der Waals surface area contributed by atoms with Gasteiger partial charge < -0.3 is 29.5 Å². The predicted octanol–water partition coefficient (Wildman–Crippen LogP) is 2.05. The Morgan fingerprint density at radius 3 is 2.39 bits per heavy atom. The van der Waals surface area contributed by atoms with Crippen molar-refractivity contribution in [2.75, 3.05) is 0 Å². The molecule has 0 spiro atoms. The summed E-state index contributed by atoms with van der Waals surface area (Å²) in [6.45, 7) is 8.96. The van der Waals surface area contributed by atoms with Crippen LogP contribution in [0.25, 0.3) is 0 Å². The van der Waals surface area contributed by atoms with Crippen LogP contribution in [0.4, 0.5) is 0 Å². The van der Waals surface area contributed by atoms with Crippen molar-refractivity contribution in [3.05, 3.63) is 12.2 Å². The monoisotopic (exact) mass is 472 g/mol. The van der Waals surface area contributed by atoms with Gasteiger partial charge >= 0.3 is 17.9 Å². The molecule has 0 radical (unpaired) electrons. The van der Waals surface area contributed by atoms with Crippen molar-refractivity contribution in [3.63, 3.8) is 0 Å². The maximum atomic E-state index is 12.6. The van der Waals surface area contributed by atoms with Gasteiger partial charge in [-0.25, -0.2) is 4.79 Å². The fourth-order valence-corrected chi connectivity index (χ4v) is 4.14. The van der Waals surface area contributed by atoms with Gasteiger partial charge in [-0.05, 0) is 33.3 Å². The minimum Gasteiger partial charge on any atom is -0.458 e. The topological polar surface area (TPSA) is 140 Å². The quantitative estimate of drug-likeness (QED) is 0.199. The number of carbonyl (C=O) groups is 3. The number of rotatable bonds is 9. The maximum Gasteiger partial charge on any atom is 0.330 e. The van der Waals surface area contributed by atoms with Gasteiger partial charge in [0.25, 0.3) is 0 Å². The highest BCUT2D eigenvalue weighted by atomic mass is 16.6. The molecule has 1 aliphatic heterocycles. The smallest absolute Gasteiger partial charge is 0.330 e. The number of carbonyl (C=O) groups excluding carboxylic acids is 3. The molecule has 190 valence electrons. The lowest BCUT2D eigenvalue weighted by Crippen LogP contribution is -2.58. The number of hydrogen-bond donors (Lipinski definition) is 3. The molecule has 8 atom stereocenters. The van der Waals surface area contributed by atoms with Crippen molar-refractivity contribution in [1.82, 2.24) is 0 Å². The SMILES string of the molecule is CCCCCCC(O)/C=C/C(=O)OC1C(C)OC(=O)C(C)C(OC(C)=O)C(C)(O)C(O)C1C. The lowest BCUT2D eigenvalue weighted by atomic mass is 9.78. The van der Waals surface area contributed by atoms with E-state index in [0.717, 1.165) is 38.7 Å². The molecule has 0 amide bonds. The molecule has 0 aromatic carbocycles. The van der Waals surface area contributed by atoms with E-state index in [1.165, 1.54) is 33.8 Å². The first-order valence-electron chi connectivity index (χ1n) is 11.7. The minimum atomic E-state index is -2.03. The lowest BCUT2D eigenvalue weighted by molar-refractivity contribution is -0.198. The number of aliphatic hydroxyl groups excluding tert-OH is 2. The highest BCUT2D eigenvalue weighted by Crippen LogP contribution is 2.34. The van der Waals surface area contributed by atoms with Crippen molar-refractivity contribution in [2.45, 2.75) is 110 Å². The maximum absolute atomic E-state index is 12.6. The molecule has 3 N–H and O–H groups in total. The Hall–Kier alpha value is -1.97. The van der Waals surface area contributed by atoms with Crippen LogP contribution in [0, 0.1) is 11.8 Å². The Balaban J connectivity index is 3.01. The third kappa shape index (κ3) is 8.39. The van der Waals surface area contributed by atoms with Gasteiger partial charge in [-0.2, -0.15) is 0 Å². The van der Waals surface area contributed by atoms with Crippen LogP contribution in [0.15, 0.2) is 12.2 Å². The van der Waals surface area contributed by atoms with Gasteiger partial charge in [0.15, 0.2) is 0 Å². The second-order valence-electron chi connectivity index (χ2n) is 9.17. The first kappa shape index (κ1) is 29.1. The summed E-state index contributed by atoms with van der Waals surface area (Å²) in [4.78, 5) is 36.6. The molecule has 0 aromatic heterocycles. The summed E-state index contributed by atoms with van der Waals surface area (Å²) in [5.74, 6) is -4.24. The normalized spacial score (nSPS) is 34.0. The molecule has 9 nitrogen and oxygen atoms in total. The molecule has 0 saturated carbocycles. The standard InChI is InChI=1S/C24H40O9/c1-7-8-9-10-11-18(26)12-13-19(27)33-20-14(2)21(28)24(6,30)22(32-17(5)25)15(3)23(29)31-16(20)4/h12-16,18,20-22,26,28,30H,7-11H2,1-6H3/b13-12+. The average Bonchev–Trinajstić information content (AvgIpc) is 2.75. The molecular formula is C24H40O9. The van der Waals surface area contributed by atoms with Crippen molar-refractivity contribution < 1.29 is 43.9 Å². The van der Waals surface area contributed by atoms with Gasteiger partial charge in [0.1, 0.15) is 23.9 Å².